The van der Waals surface area contributed by atoms with Crippen molar-refractivity contribution in [1.29, 1.82) is 0 Å². The van der Waals surface area contributed by atoms with Crippen LogP contribution < -0.4 is 0 Å². The maximum Gasteiger partial charge on any atom is 0.107 e. The van der Waals surface area contributed by atoms with E-state index in [1.165, 1.54) is 0 Å². The van der Waals surface area contributed by atoms with Crippen LogP contribution >= 0.6 is 0 Å². The highest BCUT2D eigenvalue weighted by molar-refractivity contribution is 4.77. The van der Waals surface area contributed by atoms with Crippen molar-refractivity contribution in [3.05, 3.63) is 12.3 Å². The largest absolute Gasteiger partial charge is 0.414 e. The quantitative estimate of drug-likeness (QED) is 0.625. The molecule has 0 fully saturated rings. The lowest BCUT2D eigenvalue weighted by atomic mass is 10.3. The molecular formula is C7H13NO2. The van der Waals surface area contributed by atoms with Crippen molar-refractivity contribution in [2.24, 2.45) is 0 Å². The van der Waals surface area contributed by atoms with Gasteiger partial charge in [-0.1, -0.05) is 0 Å². The Morgan fingerprint density at radius 1 is 1.60 bits per heavy atom. The molecule has 0 unspecified atom stereocenters. The number of rotatable bonds is 3. The molecule has 0 amide bonds. The molecule has 1 heterocycles. The second-order valence-corrected chi connectivity index (χ2v) is 2.27. The van der Waals surface area contributed by atoms with Crippen LogP contribution in [0.15, 0.2) is 12.3 Å². The van der Waals surface area contributed by atoms with Gasteiger partial charge in [-0.15, -0.1) is 5.06 Å². The van der Waals surface area contributed by atoms with Crippen molar-refractivity contribution in [2.75, 3.05) is 19.7 Å². The average Bonchev–Trinajstić information content (AvgIpc) is 2.03. The third-order valence-corrected chi connectivity index (χ3v) is 1.42. The zero-order valence-electron chi connectivity index (χ0n) is 5.99. The summed E-state index contributed by atoms with van der Waals surface area (Å²) < 4.78 is 0. The zero-order chi connectivity index (χ0) is 7.23. The second kappa shape index (κ2) is 4.30. The summed E-state index contributed by atoms with van der Waals surface area (Å²) in [6, 6.07) is 0. The molecule has 0 saturated carbocycles. The Balaban J connectivity index is 2.10. The van der Waals surface area contributed by atoms with Crippen LogP contribution in [0.2, 0.25) is 0 Å². The summed E-state index contributed by atoms with van der Waals surface area (Å²) in [4.78, 5) is 5.12. The van der Waals surface area contributed by atoms with Crippen molar-refractivity contribution in [2.45, 2.75) is 12.8 Å². The van der Waals surface area contributed by atoms with Gasteiger partial charge < -0.3 is 9.94 Å². The molecule has 0 aromatic heterocycles. The van der Waals surface area contributed by atoms with Gasteiger partial charge in [0.1, 0.15) is 6.26 Å². The number of hydrogen-bond donors (Lipinski definition) is 1. The first-order chi connectivity index (χ1) is 4.93. The summed E-state index contributed by atoms with van der Waals surface area (Å²) in [5.74, 6) is 0. The van der Waals surface area contributed by atoms with E-state index in [0.29, 0.717) is 0 Å². The van der Waals surface area contributed by atoms with Gasteiger partial charge in [0.25, 0.3) is 0 Å². The maximum absolute atomic E-state index is 8.50. The van der Waals surface area contributed by atoms with Crippen molar-refractivity contribution >= 4 is 0 Å². The Bertz CT molecular complexity index is 114. The van der Waals surface area contributed by atoms with Crippen molar-refractivity contribution in [3.63, 3.8) is 0 Å². The van der Waals surface area contributed by atoms with Gasteiger partial charge in [-0.05, 0) is 18.9 Å². The van der Waals surface area contributed by atoms with Gasteiger partial charge in [-0.3, -0.25) is 0 Å². The van der Waals surface area contributed by atoms with Crippen LogP contribution in [0.5, 0.6) is 0 Å². The highest BCUT2D eigenvalue weighted by atomic mass is 16.7. The molecule has 0 aromatic rings. The number of aliphatic hydroxyl groups excluding tert-OH is 1. The summed E-state index contributed by atoms with van der Waals surface area (Å²) in [5.41, 5.74) is 0. The highest BCUT2D eigenvalue weighted by Gasteiger charge is 2.04. The molecule has 0 spiro atoms. The molecule has 0 aliphatic carbocycles. The summed E-state index contributed by atoms with van der Waals surface area (Å²) >= 11 is 0. The smallest absolute Gasteiger partial charge is 0.107 e. The molecule has 3 nitrogen and oxygen atoms in total. The Hall–Kier alpha value is -0.540. The molecular weight excluding hydrogens is 130 g/mol. The van der Waals surface area contributed by atoms with Gasteiger partial charge >= 0.3 is 0 Å². The number of hydroxylamine groups is 2. The van der Waals surface area contributed by atoms with E-state index >= 15 is 0 Å². The second-order valence-electron chi connectivity index (χ2n) is 2.27. The zero-order valence-corrected chi connectivity index (χ0v) is 5.99. The van der Waals surface area contributed by atoms with Crippen LogP contribution in [-0.4, -0.2) is 29.9 Å². The van der Waals surface area contributed by atoms with Crippen molar-refractivity contribution < 1.29 is 9.94 Å². The first-order valence-electron chi connectivity index (χ1n) is 3.61. The van der Waals surface area contributed by atoms with Gasteiger partial charge in [-0.25, -0.2) is 0 Å². The van der Waals surface area contributed by atoms with Crippen LogP contribution in [0.3, 0.4) is 0 Å². The molecule has 1 aliphatic heterocycles. The normalized spacial score (nSPS) is 18.9. The fraction of sp³-hybridized carbons (Fsp3) is 0.714. The third kappa shape index (κ3) is 2.37. The molecule has 1 N–H and O–H groups in total. The summed E-state index contributed by atoms with van der Waals surface area (Å²) in [7, 11) is 0. The van der Waals surface area contributed by atoms with E-state index < -0.39 is 0 Å². The van der Waals surface area contributed by atoms with E-state index in [-0.39, 0.29) is 6.61 Å². The highest BCUT2D eigenvalue weighted by Crippen LogP contribution is 2.02. The topological polar surface area (TPSA) is 32.7 Å². The number of aliphatic hydroxyl groups is 1. The minimum absolute atomic E-state index is 0.240. The summed E-state index contributed by atoms with van der Waals surface area (Å²) in [5, 5.41) is 10.4. The lowest BCUT2D eigenvalue weighted by Crippen LogP contribution is -2.26. The van der Waals surface area contributed by atoms with E-state index in [2.05, 4.69) is 0 Å². The van der Waals surface area contributed by atoms with E-state index in [1.807, 2.05) is 11.1 Å². The fourth-order valence-electron chi connectivity index (χ4n) is 0.880. The lowest BCUT2D eigenvalue weighted by Gasteiger charge is -2.21. The molecule has 1 aliphatic rings. The Kier molecular flexibility index (Phi) is 3.26. The Morgan fingerprint density at radius 3 is 3.10 bits per heavy atom. The molecule has 0 aromatic carbocycles. The lowest BCUT2D eigenvalue weighted by molar-refractivity contribution is -0.112. The van der Waals surface area contributed by atoms with E-state index in [1.54, 1.807) is 6.26 Å². The van der Waals surface area contributed by atoms with Gasteiger partial charge in [0.2, 0.25) is 0 Å². The predicted octanol–water partition coefficient (Wildman–Crippen LogP) is 0.520. The molecule has 58 valence electrons. The SMILES string of the molecule is OCCCN1CCC=CO1. The number of hydrogen-bond acceptors (Lipinski definition) is 3. The van der Waals surface area contributed by atoms with Crippen LogP contribution in [0.1, 0.15) is 12.8 Å². The van der Waals surface area contributed by atoms with Gasteiger partial charge in [-0.2, -0.15) is 0 Å². The molecule has 0 saturated heterocycles. The van der Waals surface area contributed by atoms with Gasteiger partial charge in [0, 0.05) is 19.7 Å². The van der Waals surface area contributed by atoms with Crippen molar-refractivity contribution in [1.82, 2.24) is 5.06 Å². The average molecular weight is 143 g/mol. The summed E-state index contributed by atoms with van der Waals surface area (Å²) in [6.07, 6.45) is 5.52. The Labute approximate surface area is 60.9 Å². The van der Waals surface area contributed by atoms with Crippen LogP contribution in [0.4, 0.5) is 0 Å². The van der Waals surface area contributed by atoms with Gasteiger partial charge in [0.05, 0.1) is 0 Å². The fourth-order valence-corrected chi connectivity index (χ4v) is 0.880. The molecule has 0 atom stereocenters. The van der Waals surface area contributed by atoms with Crippen LogP contribution in [0, 0.1) is 0 Å². The Morgan fingerprint density at radius 2 is 2.50 bits per heavy atom. The molecule has 1 rings (SSSR count). The first-order valence-corrected chi connectivity index (χ1v) is 3.61. The van der Waals surface area contributed by atoms with Gasteiger partial charge in [0.15, 0.2) is 0 Å². The monoisotopic (exact) mass is 143 g/mol. The van der Waals surface area contributed by atoms with Crippen LogP contribution in [-0.2, 0) is 4.84 Å². The van der Waals surface area contributed by atoms with Crippen molar-refractivity contribution in [3.8, 4) is 0 Å². The molecule has 3 heteroatoms. The standard InChI is InChI=1S/C7H13NO2/c9-6-3-5-8-4-1-2-7-10-8/h2,7,9H,1,3-6H2. The van der Waals surface area contributed by atoms with Crippen LogP contribution in [0.25, 0.3) is 0 Å². The predicted molar refractivity (Wildman–Crippen MR) is 38.1 cm³/mol. The van der Waals surface area contributed by atoms with E-state index in [4.69, 9.17) is 9.94 Å². The maximum atomic E-state index is 8.50. The van der Waals surface area contributed by atoms with E-state index in [0.717, 1.165) is 25.9 Å². The first kappa shape index (κ1) is 7.57. The molecule has 10 heavy (non-hydrogen) atoms. The minimum atomic E-state index is 0.240. The minimum Gasteiger partial charge on any atom is -0.414 e. The number of nitrogens with zero attached hydrogens (tertiary/aromatic N) is 1. The summed E-state index contributed by atoms with van der Waals surface area (Å²) in [6.45, 7) is 2.00. The molecule has 0 radical (unpaired) electrons. The molecule has 0 bridgehead atoms. The third-order valence-electron chi connectivity index (χ3n) is 1.42. The van der Waals surface area contributed by atoms with E-state index in [9.17, 15) is 0 Å².